The molecule has 0 unspecified atom stereocenters. The van der Waals surface area contributed by atoms with Gasteiger partial charge in [-0.1, -0.05) is 61.0 Å². The summed E-state index contributed by atoms with van der Waals surface area (Å²) in [5, 5.41) is 3.86. The van der Waals surface area contributed by atoms with Crippen LogP contribution in [0.1, 0.15) is 23.6 Å². The van der Waals surface area contributed by atoms with Crippen molar-refractivity contribution in [1.29, 1.82) is 0 Å². The Morgan fingerprint density at radius 3 is 2.56 bits per heavy atom. The van der Waals surface area contributed by atoms with Crippen LogP contribution in [-0.4, -0.2) is 20.0 Å². The zero-order valence-corrected chi connectivity index (χ0v) is 19.3. The lowest BCUT2D eigenvalue weighted by atomic mass is 10.1. The fraction of sp³-hybridized carbons (Fsp3) is 0.179. The summed E-state index contributed by atoms with van der Waals surface area (Å²) in [5.74, 6) is -0.189. The van der Waals surface area contributed by atoms with Crippen LogP contribution in [0.25, 0.3) is 21.9 Å². The molecule has 0 bridgehead atoms. The summed E-state index contributed by atoms with van der Waals surface area (Å²) in [6.45, 7) is 4.52. The quantitative estimate of drug-likeness (QED) is 0.400. The first kappa shape index (κ1) is 21.6. The summed E-state index contributed by atoms with van der Waals surface area (Å²) < 4.78 is 3.39. The Bertz CT molecular complexity index is 1560. The topological polar surface area (TPSA) is 68.9 Å². The number of hydrogen-bond acceptors (Lipinski definition) is 3. The number of amides is 1. The Morgan fingerprint density at radius 1 is 0.971 bits per heavy atom. The van der Waals surface area contributed by atoms with E-state index in [2.05, 4.69) is 17.2 Å². The highest BCUT2D eigenvalue weighted by atomic mass is 16.2. The van der Waals surface area contributed by atoms with Crippen LogP contribution >= 0.6 is 0 Å². The normalized spacial score (nSPS) is 11.2. The standard InChI is InChI=1S/C28H26N4O2/c1-3-20-10-7-11-22(15-20)30-25(33)17-32-24-13-12-19(2)14-23(24)26-27(32)28(34)31(18-29-26)16-21-8-5-4-6-9-21/h4-15,18H,3,16-17H2,1-2H3,(H,30,33). The number of benzene rings is 3. The minimum atomic E-state index is -0.189. The molecule has 2 heterocycles. The minimum Gasteiger partial charge on any atom is -0.325 e. The van der Waals surface area contributed by atoms with E-state index in [4.69, 9.17) is 0 Å². The first-order valence-electron chi connectivity index (χ1n) is 11.4. The number of hydrogen-bond donors (Lipinski definition) is 1. The summed E-state index contributed by atoms with van der Waals surface area (Å²) in [5.41, 5.74) is 5.70. The third-order valence-electron chi connectivity index (χ3n) is 6.10. The summed E-state index contributed by atoms with van der Waals surface area (Å²) in [6.07, 6.45) is 2.49. The lowest BCUT2D eigenvalue weighted by Gasteiger charge is -2.10. The highest BCUT2D eigenvalue weighted by Crippen LogP contribution is 2.26. The molecular formula is C28H26N4O2. The van der Waals surface area contributed by atoms with Crippen molar-refractivity contribution in [2.45, 2.75) is 33.4 Å². The number of aromatic nitrogens is 3. The van der Waals surface area contributed by atoms with Gasteiger partial charge >= 0.3 is 0 Å². The van der Waals surface area contributed by atoms with Gasteiger partial charge in [0, 0.05) is 11.1 Å². The van der Waals surface area contributed by atoms with Gasteiger partial charge in [-0.3, -0.25) is 14.2 Å². The molecular weight excluding hydrogens is 424 g/mol. The van der Waals surface area contributed by atoms with Crippen molar-refractivity contribution in [3.63, 3.8) is 0 Å². The SMILES string of the molecule is CCc1cccc(NC(=O)Cn2c3ccc(C)cc3c3ncn(Cc4ccccc4)c(=O)c32)c1. The van der Waals surface area contributed by atoms with E-state index in [1.807, 2.05) is 79.7 Å². The Labute approximate surface area is 197 Å². The molecule has 5 rings (SSSR count). The van der Waals surface area contributed by atoms with Crippen LogP contribution in [0.2, 0.25) is 0 Å². The molecule has 0 aliphatic heterocycles. The van der Waals surface area contributed by atoms with Gasteiger partial charge in [0.25, 0.3) is 5.56 Å². The van der Waals surface area contributed by atoms with Gasteiger partial charge in [0.05, 0.1) is 18.4 Å². The van der Waals surface area contributed by atoms with Crippen molar-refractivity contribution in [3.05, 3.63) is 106 Å². The number of nitrogens with one attached hydrogen (secondary N) is 1. The molecule has 0 saturated carbocycles. The van der Waals surface area contributed by atoms with E-state index in [1.54, 1.807) is 15.5 Å². The maximum absolute atomic E-state index is 13.6. The third kappa shape index (κ3) is 4.10. The Morgan fingerprint density at radius 2 is 1.76 bits per heavy atom. The van der Waals surface area contributed by atoms with E-state index in [-0.39, 0.29) is 18.0 Å². The smallest absolute Gasteiger partial charge is 0.278 e. The first-order chi connectivity index (χ1) is 16.5. The molecule has 0 fully saturated rings. The second-order valence-corrected chi connectivity index (χ2v) is 8.57. The molecule has 0 aliphatic rings. The van der Waals surface area contributed by atoms with E-state index in [1.165, 1.54) is 0 Å². The van der Waals surface area contributed by atoms with Gasteiger partial charge in [0.15, 0.2) is 0 Å². The average Bonchev–Trinajstić information content (AvgIpc) is 3.14. The summed E-state index contributed by atoms with van der Waals surface area (Å²) in [6, 6.07) is 23.6. The number of aryl methyl sites for hydroxylation is 2. The lowest BCUT2D eigenvalue weighted by molar-refractivity contribution is -0.116. The van der Waals surface area contributed by atoms with Crippen LogP contribution in [0.5, 0.6) is 0 Å². The molecule has 0 saturated heterocycles. The fourth-order valence-corrected chi connectivity index (χ4v) is 4.38. The van der Waals surface area contributed by atoms with Crippen molar-refractivity contribution < 1.29 is 4.79 Å². The van der Waals surface area contributed by atoms with Crippen molar-refractivity contribution in [3.8, 4) is 0 Å². The zero-order chi connectivity index (χ0) is 23.7. The van der Waals surface area contributed by atoms with Crippen LogP contribution in [-0.2, 0) is 24.3 Å². The van der Waals surface area contributed by atoms with Gasteiger partial charge in [-0.25, -0.2) is 4.98 Å². The van der Waals surface area contributed by atoms with Crippen molar-refractivity contribution in [2.24, 2.45) is 0 Å². The summed E-state index contributed by atoms with van der Waals surface area (Å²) in [4.78, 5) is 31.3. The zero-order valence-electron chi connectivity index (χ0n) is 19.3. The average molecular weight is 451 g/mol. The molecule has 2 aromatic heterocycles. The van der Waals surface area contributed by atoms with E-state index in [9.17, 15) is 9.59 Å². The molecule has 34 heavy (non-hydrogen) atoms. The van der Waals surface area contributed by atoms with Gasteiger partial charge in [0.2, 0.25) is 5.91 Å². The molecule has 170 valence electrons. The number of anilines is 1. The molecule has 1 N–H and O–H groups in total. The van der Waals surface area contributed by atoms with Gasteiger partial charge in [-0.15, -0.1) is 0 Å². The van der Waals surface area contributed by atoms with Crippen LogP contribution in [0, 0.1) is 6.92 Å². The molecule has 0 spiro atoms. The molecule has 6 heteroatoms. The Balaban J connectivity index is 1.59. The summed E-state index contributed by atoms with van der Waals surface area (Å²) >= 11 is 0. The maximum Gasteiger partial charge on any atom is 0.278 e. The van der Waals surface area contributed by atoms with Gasteiger partial charge in [-0.2, -0.15) is 0 Å². The number of carbonyl (C=O) groups excluding carboxylic acids is 1. The molecule has 0 aliphatic carbocycles. The number of carbonyl (C=O) groups is 1. The van der Waals surface area contributed by atoms with E-state index >= 15 is 0 Å². The maximum atomic E-state index is 13.6. The predicted molar refractivity (Wildman–Crippen MR) is 136 cm³/mol. The highest BCUT2D eigenvalue weighted by Gasteiger charge is 2.19. The van der Waals surface area contributed by atoms with Gasteiger partial charge in [-0.05, 0) is 48.7 Å². The predicted octanol–water partition coefficient (Wildman–Crippen LogP) is 4.91. The highest BCUT2D eigenvalue weighted by molar-refractivity contribution is 6.06. The molecule has 0 radical (unpaired) electrons. The van der Waals surface area contributed by atoms with Gasteiger partial charge < -0.3 is 9.88 Å². The van der Waals surface area contributed by atoms with E-state index < -0.39 is 0 Å². The number of rotatable bonds is 6. The lowest BCUT2D eigenvalue weighted by Crippen LogP contribution is -2.25. The van der Waals surface area contributed by atoms with Gasteiger partial charge in [0.1, 0.15) is 17.6 Å². The number of fused-ring (bicyclic) bond motifs is 3. The molecule has 5 aromatic rings. The first-order valence-corrected chi connectivity index (χ1v) is 11.4. The van der Waals surface area contributed by atoms with Crippen molar-refractivity contribution in [2.75, 3.05) is 5.32 Å². The van der Waals surface area contributed by atoms with Crippen LogP contribution in [0.3, 0.4) is 0 Å². The summed E-state index contributed by atoms with van der Waals surface area (Å²) in [7, 11) is 0. The van der Waals surface area contributed by atoms with Crippen LogP contribution in [0.15, 0.2) is 83.9 Å². The molecule has 6 nitrogen and oxygen atoms in total. The Kier molecular flexibility index (Phi) is 5.72. The van der Waals surface area contributed by atoms with Crippen LogP contribution < -0.4 is 10.9 Å². The van der Waals surface area contributed by atoms with Crippen molar-refractivity contribution in [1.82, 2.24) is 14.1 Å². The van der Waals surface area contributed by atoms with E-state index in [0.717, 1.165) is 39.7 Å². The van der Waals surface area contributed by atoms with Crippen molar-refractivity contribution >= 4 is 33.5 Å². The Hall–Kier alpha value is -4.19. The second kappa shape index (κ2) is 8.98. The number of nitrogens with zero attached hydrogens (tertiary/aromatic N) is 3. The fourth-order valence-electron chi connectivity index (χ4n) is 4.38. The minimum absolute atomic E-state index is 0.0195. The molecule has 0 atom stereocenters. The third-order valence-corrected chi connectivity index (χ3v) is 6.10. The monoisotopic (exact) mass is 450 g/mol. The largest absolute Gasteiger partial charge is 0.325 e. The second-order valence-electron chi connectivity index (χ2n) is 8.57. The van der Waals surface area contributed by atoms with E-state index in [0.29, 0.717) is 17.6 Å². The van der Waals surface area contributed by atoms with Crippen LogP contribution in [0.4, 0.5) is 5.69 Å². The molecule has 3 aromatic carbocycles. The molecule has 1 amide bonds.